The van der Waals surface area contributed by atoms with Crippen LogP contribution in [0, 0.1) is 11.8 Å². The molecule has 1 aromatic carbocycles. The van der Waals surface area contributed by atoms with Crippen molar-refractivity contribution in [3.63, 3.8) is 0 Å². The first kappa shape index (κ1) is 16.4. The topological polar surface area (TPSA) is 63.4 Å². The van der Waals surface area contributed by atoms with Gasteiger partial charge in [0.1, 0.15) is 0 Å². The van der Waals surface area contributed by atoms with Gasteiger partial charge in [-0.15, -0.1) is 11.8 Å². The molecule has 1 aliphatic carbocycles. The van der Waals surface area contributed by atoms with E-state index < -0.39 is 0 Å². The van der Waals surface area contributed by atoms with Crippen LogP contribution >= 0.6 is 11.8 Å². The quantitative estimate of drug-likeness (QED) is 0.862. The van der Waals surface area contributed by atoms with Crippen LogP contribution < -0.4 is 5.73 Å². The molecular weight excluding hydrogens is 308 g/mol. The van der Waals surface area contributed by atoms with Crippen LogP contribution in [-0.2, 0) is 4.79 Å². The molecule has 1 aromatic rings. The maximum Gasteiger partial charge on any atom is 0.254 e. The molecule has 2 N–H and O–H groups in total. The third-order valence-corrected chi connectivity index (χ3v) is 6.16. The molecule has 3 rings (SSSR count). The van der Waals surface area contributed by atoms with E-state index in [-0.39, 0.29) is 17.6 Å². The summed E-state index contributed by atoms with van der Waals surface area (Å²) in [5, 5.41) is 0. The number of carbonyl (C=O) groups excluding carboxylic acids is 2. The normalized spacial score (nSPS) is 24.1. The first-order chi connectivity index (χ1) is 11.1. The smallest absolute Gasteiger partial charge is 0.254 e. The minimum Gasteiger partial charge on any atom is -0.369 e. The molecule has 1 aliphatic heterocycles. The Kier molecular flexibility index (Phi) is 5.26. The first-order valence-corrected chi connectivity index (χ1v) is 9.43. The highest BCUT2D eigenvalue weighted by Gasteiger charge is 2.33. The number of hydrogen-bond acceptors (Lipinski definition) is 3. The molecule has 1 saturated heterocycles. The van der Waals surface area contributed by atoms with Gasteiger partial charge in [-0.1, -0.05) is 31.4 Å². The molecule has 4 nitrogen and oxygen atoms in total. The zero-order valence-corrected chi connectivity index (χ0v) is 14.2. The van der Waals surface area contributed by atoms with Crippen molar-refractivity contribution in [1.29, 1.82) is 0 Å². The fraction of sp³-hybridized carbons (Fsp3) is 0.556. The van der Waals surface area contributed by atoms with Gasteiger partial charge in [0.15, 0.2) is 0 Å². The van der Waals surface area contributed by atoms with Crippen LogP contribution in [0.3, 0.4) is 0 Å². The fourth-order valence-electron chi connectivity index (χ4n) is 3.87. The lowest BCUT2D eigenvalue weighted by molar-refractivity contribution is -0.115. The number of piperidine rings is 1. The Balaban J connectivity index is 1.71. The van der Waals surface area contributed by atoms with Gasteiger partial charge in [-0.2, -0.15) is 0 Å². The monoisotopic (exact) mass is 332 g/mol. The lowest BCUT2D eigenvalue weighted by Gasteiger charge is -2.41. The molecule has 2 fully saturated rings. The van der Waals surface area contributed by atoms with Crippen LogP contribution in [0.2, 0.25) is 0 Å². The molecule has 0 aromatic heterocycles. The molecule has 0 unspecified atom stereocenters. The van der Waals surface area contributed by atoms with Crippen molar-refractivity contribution in [3.05, 3.63) is 29.8 Å². The second kappa shape index (κ2) is 7.39. The predicted molar refractivity (Wildman–Crippen MR) is 92.3 cm³/mol. The largest absolute Gasteiger partial charge is 0.369 e. The molecule has 2 aliphatic rings. The van der Waals surface area contributed by atoms with Crippen LogP contribution in [0.1, 0.15) is 42.5 Å². The lowest BCUT2D eigenvalue weighted by atomic mass is 9.75. The van der Waals surface area contributed by atoms with Crippen molar-refractivity contribution in [2.24, 2.45) is 17.6 Å². The Hall–Kier alpha value is -1.49. The molecule has 5 heteroatoms. The second-order valence-corrected chi connectivity index (χ2v) is 7.61. The molecule has 0 spiro atoms. The second-order valence-electron chi connectivity index (χ2n) is 6.60. The maximum absolute atomic E-state index is 12.9. The first-order valence-electron chi connectivity index (χ1n) is 8.44. The summed E-state index contributed by atoms with van der Waals surface area (Å²) in [7, 11) is 0. The highest BCUT2D eigenvalue weighted by Crippen LogP contribution is 2.36. The number of amides is 2. The lowest BCUT2D eigenvalue weighted by Crippen LogP contribution is -2.44. The van der Waals surface area contributed by atoms with Gasteiger partial charge in [0.2, 0.25) is 5.91 Å². The SMILES string of the molecule is NC(=O)CSc1ccccc1C(=O)N1CC[C@@H]2CCCC[C@H]2C1. The summed E-state index contributed by atoms with van der Waals surface area (Å²) in [5.41, 5.74) is 5.93. The van der Waals surface area contributed by atoms with E-state index in [2.05, 4.69) is 0 Å². The van der Waals surface area contributed by atoms with Crippen molar-refractivity contribution in [2.75, 3.05) is 18.8 Å². The summed E-state index contributed by atoms with van der Waals surface area (Å²) in [4.78, 5) is 26.8. The molecule has 2 amide bonds. The molecule has 1 heterocycles. The molecule has 124 valence electrons. The number of nitrogens with zero attached hydrogens (tertiary/aromatic N) is 1. The van der Waals surface area contributed by atoms with Crippen LogP contribution in [0.25, 0.3) is 0 Å². The molecule has 2 atom stereocenters. The standard InChI is InChI=1S/C18H24N2O2S/c19-17(21)12-23-16-8-4-3-7-15(16)18(22)20-10-9-13-5-1-2-6-14(13)11-20/h3-4,7-8,13-14H,1-2,5-6,9-12H2,(H2,19,21)/t13-,14-/m0/s1. The van der Waals surface area contributed by atoms with E-state index in [1.54, 1.807) is 0 Å². The van der Waals surface area contributed by atoms with Gasteiger partial charge in [-0.05, 0) is 36.8 Å². The van der Waals surface area contributed by atoms with Gasteiger partial charge in [-0.3, -0.25) is 9.59 Å². The number of likely N-dealkylation sites (tertiary alicyclic amines) is 1. The summed E-state index contributed by atoms with van der Waals surface area (Å²) in [6, 6.07) is 7.54. The molecule has 1 saturated carbocycles. The summed E-state index contributed by atoms with van der Waals surface area (Å²) < 4.78 is 0. The van der Waals surface area contributed by atoms with E-state index in [4.69, 9.17) is 5.73 Å². The number of primary amides is 1. The van der Waals surface area contributed by atoms with Gasteiger partial charge in [-0.25, -0.2) is 0 Å². The Morgan fingerprint density at radius 3 is 2.65 bits per heavy atom. The number of rotatable bonds is 4. The minimum atomic E-state index is -0.361. The van der Waals surface area contributed by atoms with Gasteiger partial charge < -0.3 is 10.6 Å². The Morgan fingerprint density at radius 1 is 1.13 bits per heavy atom. The summed E-state index contributed by atoms with van der Waals surface area (Å²) in [5.74, 6) is 1.43. The van der Waals surface area contributed by atoms with Gasteiger partial charge >= 0.3 is 0 Å². The van der Waals surface area contributed by atoms with Crippen LogP contribution in [0.15, 0.2) is 29.2 Å². The number of carbonyl (C=O) groups is 2. The number of benzene rings is 1. The van der Waals surface area contributed by atoms with Gasteiger partial charge in [0, 0.05) is 18.0 Å². The van der Waals surface area contributed by atoms with E-state index in [1.165, 1.54) is 37.4 Å². The number of fused-ring (bicyclic) bond motifs is 1. The van der Waals surface area contributed by atoms with Crippen molar-refractivity contribution < 1.29 is 9.59 Å². The van der Waals surface area contributed by atoms with E-state index in [0.717, 1.165) is 30.3 Å². The molecule has 0 radical (unpaired) electrons. The Bertz CT molecular complexity index is 590. The predicted octanol–water partition coefficient (Wildman–Crippen LogP) is 2.92. The van der Waals surface area contributed by atoms with Gasteiger partial charge in [0.25, 0.3) is 5.91 Å². The highest BCUT2D eigenvalue weighted by molar-refractivity contribution is 8.00. The van der Waals surface area contributed by atoms with E-state index in [0.29, 0.717) is 11.5 Å². The van der Waals surface area contributed by atoms with Crippen LogP contribution in [0.4, 0.5) is 0 Å². The zero-order valence-electron chi connectivity index (χ0n) is 13.4. The Labute approximate surface area is 141 Å². The third-order valence-electron chi connectivity index (χ3n) is 5.07. The number of hydrogen-bond donors (Lipinski definition) is 1. The van der Waals surface area contributed by atoms with Crippen LogP contribution in [0.5, 0.6) is 0 Å². The van der Waals surface area contributed by atoms with E-state index >= 15 is 0 Å². The molecular formula is C18H24N2O2S. The van der Waals surface area contributed by atoms with Crippen molar-refractivity contribution in [3.8, 4) is 0 Å². The molecule has 23 heavy (non-hydrogen) atoms. The van der Waals surface area contributed by atoms with E-state index in [9.17, 15) is 9.59 Å². The van der Waals surface area contributed by atoms with Crippen molar-refractivity contribution >= 4 is 23.6 Å². The van der Waals surface area contributed by atoms with Crippen molar-refractivity contribution in [2.45, 2.75) is 37.0 Å². The fourth-order valence-corrected chi connectivity index (χ4v) is 4.66. The average Bonchev–Trinajstić information content (AvgIpc) is 2.59. The summed E-state index contributed by atoms with van der Waals surface area (Å²) in [6.45, 7) is 1.74. The highest BCUT2D eigenvalue weighted by atomic mass is 32.2. The number of nitrogens with two attached hydrogens (primary N) is 1. The van der Waals surface area contributed by atoms with Crippen molar-refractivity contribution in [1.82, 2.24) is 4.90 Å². The Morgan fingerprint density at radius 2 is 1.87 bits per heavy atom. The number of thioether (sulfide) groups is 1. The molecule has 0 bridgehead atoms. The van der Waals surface area contributed by atoms with Gasteiger partial charge in [0.05, 0.1) is 11.3 Å². The van der Waals surface area contributed by atoms with Crippen LogP contribution in [-0.4, -0.2) is 35.6 Å². The minimum absolute atomic E-state index is 0.0987. The zero-order chi connectivity index (χ0) is 16.2. The maximum atomic E-state index is 12.9. The third kappa shape index (κ3) is 3.89. The summed E-state index contributed by atoms with van der Waals surface area (Å²) in [6.07, 6.45) is 6.37. The average molecular weight is 332 g/mol. The van der Waals surface area contributed by atoms with E-state index in [1.807, 2.05) is 29.2 Å². The summed E-state index contributed by atoms with van der Waals surface area (Å²) >= 11 is 1.35.